The van der Waals surface area contributed by atoms with E-state index in [1.165, 1.54) is 176 Å². The fraction of sp³-hybridized carbons (Fsp3) is 0.128. The Bertz CT molecular complexity index is 7780. The summed E-state index contributed by atoms with van der Waals surface area (Å²) in [5.74, 6) is 1.73. The Balaban J connectivity index is 0.801. The summed E-state index contributed by atoms with van der Waals surface area (Å²) in [6.07, 6.45) is 0. The SMILES string of the molecule is Cc1cc(C)c(N2c3cc4c(cc3B3c5ccccc5Oc5cc(N6c7ccccc7[Si](C)(C)c7ccccc76)cc2c53)B2c3cc5c(cc3N(c3c(C)cc(C)cc3C)c3cc(N6c7ccccc7[Si](C)(C)c7ccccc76)cc(c32)N4c2c(C)cc(C)cc2C)Nc2cc(N3c4ccccc4[Si](C)(C)c4ccccc43)cc3c2B5c2ccccc2N3c2ccccc2)c(C)c1. The zero-order chi connectivity index (χ0) is 89.5. The molecular weight excluding hydrogens is 1650 g/mol. The van der Waals surface area contributed by atoms with Crippen molar-refractivity contribution in [2.75, 3.05) is 39.6 Å². The third-order valence-corrected chi connectivity index (χ3v) is 41.6. The summed E-state index contributed by atoms with van der Waals surface area (Å²) >= 11 is 0. The Kier molecular flexibility index (Phi) is 16.8. The van der Waals surface area contributed by atoms with Crippen molar-refractivity contribution in [3.05, 3.63) is 372 Å². The number of hydrogen-bond acceptors (Lipinski definition) is 9. The van der Waals surface area contributed by atoms with Crippen LogP contribution in [0.1, 0.15) is 50.1 Å². The molecule has 9 heterocycles. The maximum Gasteiger partial charge on any atom is 0.256 e. The van der Waals surface area contributed by atoms with E-state index < -0.39 is 24.2 Å². The lowest BCUT2D eigenvalue weighted by Gasteiger charge is -2.49. The molecular formula is C117H99B3N8OSi3. The third-order valence-electron chi connectivity index (χ3n) is 31.0. The highest BCUT2D eigenvalue weighted by Gasteiger charge is 2.53. The molecule has 0 aliphatic carbocycles. The maximum atomic E-state index is 7.70. The average Bonchev–Trinajstić information content (AvgIpc) is 0.672. The van der Waals surface area contributed by atoms with Gasteiger partial charge in [-0.3, -0.25) is 0 Å². The van der Waals surface area contributed by atoms with Crippen LogP contribution in [0.3, 0.4) is 0 Å². The van der Waals surface area contributed by atoms with Gasteiger partial charge in [-0.1, -0.05) is 268 Å². The van der Waals surface area contributed by atoms with Gasteiger partial charge in [-0.15, -0.1) is 0 Å². The summed E-state index contributed by atoms with van der Waals surface area (Å²) in [6.45, 7) is 35.3. The highest BCUT2D eigenvalue weighted by molar-refractivity contribution is 7.06. The first-order valence-electron chi connectivity index (χ1n) is 47.0. The summed E-state index contributed by atoms with van der Waals surface area (Å²) < 4.78 is 7.70. The number of ether oxygens (including phenoxy) is 1. The van der Waals surface area contributed by atoms with E-state index in [0.29, 0.717) is 0 Å². The summed E-state index contributed by atoms with van der Waals surface area (Å²) in [7, 11) is -6.72. The predicted molar refractivity (Wildman–Crippen MR) is 572 cm³/mol. The Morgan fingerprint density at radius 1 is 0.212 bits per heavy atom. The standard InChI is InChI=1S/C117H99B3N8OSi3/c1-69-53-72(4)115(73(5)54-69)126-97-67-88-84(118-82-37-19-21-39-90(82)122(78-35-17-16-18-36-78)100-60-79(59-89(121-88)112(100)118)123-91-40-22-29-47-106(91)130(10,11)107-48-30-23-41-92(107)123)65-85(97)120-87-66-86-98(68-99(87)127(116-74(6)55-70(2)56-75(116)7)102-62-80(61-101(126)113(102)120)124-93-42-24-31-49-108(93)131(12,13)109-50-32-25-43-94(109)124)128(117-76(8)57-71(3)58-77(117)9)103-63-81(64-105-114(103)119(86)83-38-20-28-46-104(83)129-105)125-95-44-26-33-51-110(95)132(14,15)111-52-34-27-45-96(111)125/h16-68,121H,1-15H3. The van der Waals surface area contributed by atoms with Crippen molar-refractivity contribution in [3.63, 3.8) is 0 Å². The number of anilines is 23. The lowest BCUT2D eigenvalue weighted by atomic mass is 9.29. The van der Waals surface area contributed by atoms with Crippen molar-refractivity contribution in [3.8, 4) is 11.5 Å². The van der Waals surface area contributed by atoms with E-state index in [1.54, 1.807) is 0 Å². The number of para-hydroxylation sites is 9. The molecule has 15 heteroatoms. The van der Waals surface area contributed by atoms with Gasteiger partial charge in [-0.2, -0.15) is 0 Å². The number of aryl methyl sites for hydroxylation is 9. The molecule has 0 spiro atoms. The van der Waals surface area contributed by atoms with Crippen LogP contribution < -0.4 is 125 Å². The minimum atomic E-state index is -2.32. The molecule has 9 aliphatic heterocycles. The quantitative estimate of drug-likeness (QED) is 0.157. The second-order valence-electron chi connectivity index (χ2n) is 40.2. The van der Waals surface area contributed by atoms with Gasteiger partial charge in [0.1, 0.15) is 35.7 Å². The first-order chi connectivity index (χ1) is 64.0. The Morgan fingerprint density at radius 2 is 0.523 bits per heavy atom. The van der Waals surface area contributed by atoms with Gasteiger partial charge < -0.3 is 44.4 Å². The number of benzene rings is 17. The van der Waals surface area contributed by atoms with Crippen LogP contribution in [0.2, 0.25) is 39.3 Å². The molecule has 17 aromatic rings. The highest BCUT2D eigenvalue weighted by Crippen LogP contribution is 2.56. The van der Waals surface area contributed by atoms with Crippen LogP contribution in [-0.4, -0.2) is 44.4 Å². The van der Waals surface area contributed by atoms with Crippen LogP contribution in [0.5, 0.6) is 11.5 Å². The van der Waals surface area contributed by atoms with E-state index in [4.69, 9.17) is 4.74 Å². The first kappa shape index (κ1) is 78.8. The van der Waals surface area contributed by atoms with Crippen LogP contribution in [0, 0.1) is 62.3 Å². The molecule has 0 amide bonds. The fourth-order valence-corrected chi connectivity index (χ4v) is 34.8. The Hall–Kier alpha value is -14.2. The zero-order valence-electron chi connectivity index (χ0n) is 77.4. The average molecular weight is 1750 g/mol. The molecule has 17 aromatic carbocycles. The van der Waals surface area contributed by atoms with E-state index >= 15 is 0 Å². The van der Waals surface area contributed by atoms with Gasteiger partial charge in [0.05, 0.1) is 34.1 Å². The molecule has 9 nitrogen and oxygen atoms in total. The first-order valence-corrected chi connectivity index (χ1v) is 56.0. The Morgan fingerprint density at radius 3 is 0.947 bits per heavy atom. The van der Waals surface area contributed by atoms with E-state index in [0.717, 1.165) is 96.4 Å². The molecule has 0 unspecified atom stereocenters. The molecule has 0 fully saturated rings. The smallest absolute Gasteiger partial charge is 0.256 e. The monoisotopic (exact) mass is 1750 g/mol. The summed E-state index contributed by atoms with van der Waals surface area (Å²) in [5, 5.41) is 13.0. The fourth-order valence-electron chi connectivity index (χ4n) is 25.9. The van der Waals surface area contributed by atoms with Crippen molar-refractivity contribution < 1.29 is 4.74 Å². The molecule has 634 valence electrons. The molecule has 0 atom stereocenters. The third kappa shape index (κ3) is 10.9. The molecule has 0 saturated heterocycles. The van der Waals surface area contributed by atoms with Crippen molar-refractivity contribution in [1.29, 1.82) is 0 Å². The number of nitrogens with zero attached hydrogens (tertiary/aromatic N) is 7. The van der Waals surface area contributed by atoms with Crippen molar-refractivity contribution in [1.82, 2.24) is 0 Å². The molecule has 132 heavy (non-hydrogen) atoms. The van der Waals surface area contributed by atoms with Crippen LogP contribution in [0.25, 0.3) is 0 Å². The van der Waals surface area contributed by atoms with Crippen LogP contribution in [0.15, 0.2) is 322 Å². The van der Waals surface area contributed by atoms with Crippen LogP contribution in [-0.2, 0) is 0 Å². The topological polar surface area (TPSA) is 43.9 Å². The molecule has 1 N–H and O–H groups in total. The number of fused-ring (bicyclic) bond motifs is 18. The number of rotatable bonds is 7. The largest absolute Gasteiger partial charge is 0.458 e. The van der Waals surface area contributed by atoms with Gasteiger partial charge in [0.15, 0.2) is 0 Å². The van der Waals surface area contributed by atoms with E-state index in [-0.39, 0.29) is 20.1 Å². The normalized spacial score (nSPS) is 15.4. The molecule has 0 saturated carbocycles. The zero-order valence-corrected chi connectivity index (χ0v) is 80.4. The molecule has 26 rings (SSSR count). The van der Waals surface area contributed by atoms with Gasteiger partial charge in [-0.25, -0.2) is 0 Å². The van der Waals surface area contributed by atoms with Gasteiger partial charge in [0, 0.05) is 103 Å². The molecule has 0 aromatic heterocycles. The minimum absolute atomic E-state index is 0.213. The van der Waals surface area contributed by atoms with Gasteiger partial charge in [-0.05, 0) is 279 Å². The predicted octanol–water partition coefficient (Wildman–Crippen LogP) is 21.1. The van der Waals surface area contributed by atoms with Gasteiger partial charge >= 0.3 is 0 Å². The molecule has 0 radical (unpaired) electrons. The van der Waals surface area contributed by atoms with Gasteiger partial charge in [0.25, 0.3) is 20.1 Å². The van der Waals surface area contributed by atoms with Crippen LogP contribution >= 0.6 is 0 Å². The minimum Gasteiger partial charge on any atom is -0.458 e. The van der Waals surface area contributed by atoms with Gasteiger partial charge in [0.2, 0.25) is 0 Å². The van der Waals surface area contributed by atoms with E-state index in [1.807, 2.05) is 0 Å². The second-order valence-corrected chi connectivity index (χ2v) is 53.2. The number of hydrogen-bond donors (Lipinski definition) is 1. The van der Waals surface area contributed by atoms with E-state index in [2.05, 4.69) is 463 Å². The van der Waals surface area contributed by atoms with Crippen molar-refractivity contribution in [2.24, 2.45) is 0 Å². The van der Waals surface area contributed by atoms with Crippen molar-refractivity contribution in [2.45, 2.75) is 102 Å². The number of nitrogens with one attached hydrogen (secondary N) is 1. The van der Waals surface area contributed by atoms with E-state index in [9.17, 15) is 0 Å². The summed E-state index contributed by atoms with van der Waals surface area (Å²) in [4.78, 5) is 18.6. The molecule has 9 aliphatic rings. The highest BCUT2D eigenvalue weighted by atomic mass is 28.3. The molecule has 0 bridgehead atoms. The maximum absolute atomic E-state index is 7.70. The lowest BCUT2D eigenvalue weighted by molar-refractivity contribution is 0.487. The lowest BCUT2D eigenvalue weighted by Crippen LogP contribution is -2.66. The Labute approximate surface area is 778 Å². The van der Waals surface area contributed by atoms with Crippen molar-refractivity contribution >= 4 is 255 Å². The second kappa shape index (κ2) is 28.2. The van der Waals surface area contributed by atoms with Crippen LogP contribution in [0.4, 0.5) is 131 Å². The summed E-state index contributed by atoms with van der Waals surface area (Å²) in [5.41, 5.74) is 48.6. The summed E-state index contributed by atoms with van der Waals surface area (Å²) in [6, 6.07) is 126.